The molecule has 132 valence electrons. The minimum atomic E-state index is -4.67. The number of aromatic nitrogens is 1. The molecule has 1 atom stereocenters. The molecule has 1 unspecified atom stereocenters. The van der Waals surface area contributed by atoms with Gasteiger partial charge in [-0.2, -0.15) is 26.3 Å². The number of allylic oxidation sites excluding steroid dienone is 3. The third-order valence-corrected chi connectivity index (χ3v) is 3.57. The van der Waals surface area contributed by atoms with Crippen LogP contribution in [0.2, 0.25) is 5.02 Å². The van der Waals surface area contributed by atoms with Crippen molar-refractivity contribution in [3.05, 3.63) is 52.5 Å². The Kier molecular flexibility index (Phi) is 5.14. The van der Waals surface area contributed by atoms with Gasteiger partial charge in [0.1, 0.15) is 11.9 Å². The van der Waals surface area contributed by atoms with Crippen LogP contribution in [0.25, 0.3) is 0 Å². The molecular formula is C14H11ClF6N2O. The van der Waals surface area contributed by atoms with Crippen molar-refractivity contribution in [2.75, 3.05) is 7.11 Å². The minimum Gasteiger partial charge on any atom is -0.358 e. The van der Waals surface area contributed by atoms with Gasteiger partial charge in [-0.05, 0) is 18.2 Å². The lowest BCUT2D eigenvalue weighted by Crippen LogP contribution is -2.41. The van der Waals surface area contributed by atoms with E-state index in [1.807, 2.05) is 0 Å². The lowest BCUT2D eigenvalue weighted by molar-refractivity contribution is -0.137. The van der Waals surface area contributed by atoms with Crippen molar-refractivity contribution in [2.24, 2.45) is 0 Å². The predicted octanol–water partition coefficient (Wildman–Crippen LogP) is 4.54. The Labute approximate surface area is 138 Å². The molecule has 1 aliphatic rings. The molecule has 1 aromatic rings. The Morgan fingerprint density at radius 2 is 1.88 bits per heavy atom. The molecule has 24 heavy (non-hydrogen) atoms. The van der Waals surface area contributed by atoms with Crippen molar-refractivity contribution in [1.29, 1.82) is 0 Å². The predicted molar refractivity (Wildman–Crippen MR) is 73.9 cm³/mol. The van der Waals surface area contributed by atoms with Crippen LogP contribution in [0.1, 0.15) is 11.3 Å². The fourth-order valence-electron chi connectivity index (χ4n) is 2.12. The molecule has 0 saturated carbocycles. The summed E-state index contributed by atoms with van der Waals surface area (Å²) in [5, 5.41) is -0.379. The van der Waals surface area contributed by atoms with Crippen LogP contribution in [0.5, 0.6) is 0 Å². The number of methoxy groups -OCH3 is 1. The maximum Gasteiger partial charge on any atom is 0.431 e. The average molecular weight is 373 g/mol. The highest BCUT2D eigenvalue weighted by Crippen LogP contribution is 2.35. The molecule has 0 amide bonds. The number of hydrogen-bond donors (Lipinski definition) is 0. The number of ether oxygens (including phenoxy) is 1. The van der Waals surface area contributed by atoms with E-state index in [-0.39, 0.29) is 10.7 Å². The highest BCUT2D eigenvalue weighted by Gasteiger charge is 2.41. The second-order valence-corrected chi connectivity index (χ2v) is 5.25. The molecule has 0 N–H and O–H groups in total. The first kappa shape index (κ1) is 18.6. The molecule has 2 heterocycles. The van der Waals surface area contributed by atoms with E-state index in [9.17, 15) is 26.3 Å². The molecule has 10 heteroatoms. The summed E-state index contributed by atoms with van der Waals surface area (Å²) in [5.74, 6) is 0. The van der Waals surface area contributed by atoms with Gasteiger partial charge in [0.15, 0.2) is 0 Å². The quantitative estimate of drug-likeness (QED) is 0.728. The van der Waals surface area contributed by atoms with Crippen molar-refractivity contribution >= 4 is 11.6 Å². The molecule has 0 aliphatic carbocycles. The fraction of sp³-hybridized carbons (Fsp3) is 0.357. The first-order valence-corrected chi connectivity index (χ1v) is 6.88. The summed E-state index contributed by atoms with van der Waals surface area (Å²) in [6.07, 6.45) is -6.43. The van der Waals surface area contributed by atoms with Crippen LogP contribution in [0.15, 0.2) is 36.2 Å². The lowest BCUT2D eigenvalue weighted by Gasteiger charge is -2.35. The summed E-state index contributed by atoms with van der Waals surface area (Å²) in [6, 6.07) is 0.627. The standard InChI is InChI=1S/C14H11ClF6N2O/c1-24-12-4-2-3-11(14(19,20)21)23(12)7-10-9(15)5-8(6-22-10)13(16,17)18/h2-6,12H,7H2,1H3. The van der Waals surface area contributed by atoms with Gasteiger partial charge >= 0.3 is 12.4 Å². The highest BCUT2D eigenvalue weighted by atomic mass is 35.5. The van der Waals surface area contributed by atoms with Gasteiger partial charge in [-0.15, -0.1) is 0 Å². The zero-order chi connectivity index (χ0) is 18.1. The molecule has 0 bridgehead atoms. The second kappa shape index (κ2) is 6.64. The Hall–Kier alpha value is -1.74. The van der Waals surface area contributed by atoms with Crippen molar-refractivity contribution in [3.63, 3.8) is 0 Å². The Morgan fingerprint density at radius 3 is 2.38 bits per heavy atom. The summed E-state index contributed by atoms with van der Waals surface area (Å²) < 4.78 is 82.1. The van der Waals surface area contributed by atoms with Gasteiger partial charge in [-0.3, -0.25) is 4.98 Å². The van der Waals surface area contributed by atoms with E-state index in [0.717, 1.165) is 11.0 Å². The number of hydrogen-bond acceptors (Lipinski definition) is 3. The Balaban J connectivity index is 2.34. The van der Waals surface area contributed by atoms with E-state index < -0.39 is 36.4 Å². The van der Waals surface area contributed by atoms with Crippen molar-refractivity contribution in [2.45, 2.75) is 25.1 Å². The Bertz CT molecular complexity index is 668. The van der Waals surface area contributed by atoms with Crippen molar-refractivity contribution in [1.82, 2.24) is 9.88 Å². The van der Waals surface area contributed by atoms with E-state index in [2.05, 4.69) is 4.98 Å². The van der Waals surface area contributed by atoms with E-state index in [4.69, 9.17) is 16.3 Å². The summed E-state index contributed by atoms with van der Waals surface area (Å²) in [4.78, 5) is 4.38. The monoisotopic (exact) mass is 372 g/mol. The van der Waals surface area contributed by atoms with Crippen molar-refractivity contribution < 1.29 is 31.1 Å². The number of rotatable bonds is 3. The van der Waals surface area contributed by atoms with E-state index in [1.54, 1.807) is 0 Å². The first-order chi connectivity index (χ1) is 11.0. The summed E-state index contributed by atoms with van der Waals surface area (Å²) in [6.45, 7) is -0.467. The maximum atomic E-state index is 13.1. The summed E-state index contributed by atoms with van der Waals surface area (Å²) in [7, 11) is 1.21. The number of pyridine rings is 1. The molecule has 0 spiro atoms. The normalized spacial score (nSPS) is 18.8. The van der Waals surface area contributed by atoms with Gasteiger partial charge in [-0.25, -0.2) is 0 Å². The van der Waals surface area contributed by atoms with Crippen molar-refractivity contribution in [3.8, 4) is 0 Å². The molecular weight excluding hydrogens is 362 g/mol. The molecule has 0 aromatic carbocycles. The van der Waals surface area contributed by atoms with Crippen LogP contribution in [0.4, 0.5) is 26.3 Å². The van der Waals surface area contributed by atoms with E-state index in [1.165, 1.54) is 19.3 Å². The van der Waals surface area contributed by atoms with Gasteiger partial charge in [0.25, 0.3) is 0 Å². The summed E-state index contributed by atoms with van der Waals surface area (Å²) >= 11 is 5.76. The van der Waals surface area contributed by atoms with Crippen LogP contribution < -0.4 is 0 Å². The minimum absolute atomic E-state index is 0.128. The number of alkyl halides is 6. The molecule has 1 aliphatic heterocycles. The zero-order valence-corrected chi connectivity index (χ0v) is 12.9. The third kappa shape index (κ3) is 4.02. The molecule has 0 fully saturated rings. The second-order valence-electron chi connectivity index (χ2n) is 4.84. The van der Waals surface area contributed by atoms with Gasteiger partial charge < -0.3 is 9.64 Å². The molecule has 1 aromatic heterocycles. The van der Waals surface area contributed by atoms with Crippen LogP contribution in [-0.2, 0) is 17.5 Å². The van der Waals surface area contributed by atoms with Crippen LogP contribution in [-0.4, -0.2) is 29.4 Å². The smallest absolute Gasteiger partial charge is 0.358 e. The molecule has 2 rings (SSSR count). The summed E-state index contributed by atoms with van der Waals surface area (Å²) in [5.41, 5.74) is -2.21. The third-order valence-electron chi connectivity index (χ3n) is 3.24. The molecule has 3 nitrogen and oxygen atoms in total. The van der Waals surface area contributed by atoms with Gasteiger partial charge in [0.05, 0.1) is 22.8 Å². The number of halogens is 7. The SMILES string of the molecule is COC1C=CC=C(C(F)(F)F)N1Cc1ncc(C(F)(F)F)cc1Cl. The maximum absolute atomic E-state index is 13.1. The fourth-order valence-corrected chi connectivity index (χ4v) is 2.34. The van der Waals surface area contributed by atoms with Gasteiger partial charge in [-0.1, -0.05) is 17.7 Å². The topological polar surface area (TPSA) is 25.4 Å². The number of nitrogens with zero attached hydrogens (tertiary/aromatic N) is 2. The first-order valence-electron chi connectivity index (χ1n) is 6.50. The van der Waals surface area contributed by atoms with Gasteiger partial charge in [0.2, 0.25) is 0 Å². The average Bonchev–Trinajstić information content (AvgIpc) is 2.47. The Morgan fingerprint density at radius 1 is 1.21 bits per heavy atom. The van der Waals surface area contributed by atoms with E-state index in [0.29, 0.717) is 12.3 Å². The van der Waals surface area contributed by atoms with Crippen LogP contribution in [0, 0.1) is 0 Å². The van der Waals surface area contributed by atoms with Gasteiger partial charge in [0, 0.05) is 13.3 Å². The van der Waals surface area contributed by atoms with Crippen LogP contribution in [0.3, 0.4) is 0 Å². The lowest BCUT2D eigenvalue weighted by atomic mass is 10.2. The molecule has 0 saturated heterocycles. The van der Waals surface area contributed by atoms with E-state index >= 15 is 0 Å². The van der Waals surface area contributed by atoms with Crippen LogP contribution >= 0.6 is 11.6 Å². The largest absolute Gasteiger partial charge is 0.431 e. The highest BCUT2D eigenvalue weighted by molar-refractivity contribution is 6.31. The molecule has 0 radical (unpaired) electrons. The zero-order valence-electron chi connectivity index (χ0n) is 12.1.